The van der Waals surface area contributed by atoms with E-state index in [4.69, 9.17) is 4.74 Å². The second kappa shape index (κ2) is 8.22. The molecular formula is C20H32N2OS. The van der Waals surface area contributed by atoms with E-state index in [2.05, 4.69) is 54.2 Å². The summed E-state index contributed by atoms with van der Waals surface area (Å²) in [5.41, 5.74) is 1.67. The van der Waals surface area contributed by atoms with Crippen molar-refractivity contribution >= 4 is 11.8 Å². The van der Waals surface area contributed by atoms with Crippen molar-refractivity contribution in [2.24, 2.45) is 0 Å². The van der Waals surface area contributed by atoms with E-state index >= 15 is 0 Å². The van der Waals surface area contributed by atoms with Gasteiger partial charge < -0.3 is 9.64 Å². The van der Waals surface area contributed by atoms with Gasteiger partial charge in [0, 0.05) is 37.5 Å². The normalized spacial score (nSPS) is 23.6. The predicted octanol–water partition coefficient (Wildman–Crippen LogP) is 3.87. The van der Waals surface area contributed by atoms with Crippen molar-refractivity contribution in [3.8, 4) is 0 Å². The van der Waals surface area contributed by atoms with Crippen LogP contribution in [-0.2, 0) is 11.3 Å². The average molecular weight is 349 g/mol. The van der Waals surface area contributed by atoms with Crippen LogP contribution in [0.4, 0.5) is 0 Å². The lowest BCUT2D eigenvalue weighted by Crippen LogP contribution is -2.59. The maximum atomic E-state index is 6.37. The molecule has 3 nitrogen and oxygen atoms in total. The van der Waals surface area contributed by atoms with Gasteiger partial charge >= 0.3 is 0 Å². The molecule has 2 aliphatic heterocycles. The number of thioether (sulfide) groups is 1. The minimum atomic E-state index is 0.202. The molecule has 0 saturated carbocycles. The van der Waals surface area contributed by atoms with Crippen molar-refractivity contribution in [3.05, 3.63) is 29.8 Å². The first-order valence-electron chi connectivity index (χ1n) is 9.42. The Morgan fingerprint density at radius 3 is 2.50 bits per heavy atom. The van der Waals surface area contributed by atoms with E-state index in [-0.39, 0.29) is 5.60 Å². The summed E-state index contributed by atoms with van der Waals surface area (Å²) in [5, 5.41) is 0. The van der Waals surface area contributed by atoms with Crippen molar-refractivity contribution in [1.82, 2.24) is 9.80 Å². The van der Waals surface area contributed by atoms with Gasteiger partial charge in [0.25, 0.3) is 0 Å². The third-order valence-corrected chi connectivity index (χ3v) is 6.56. The molecule has 2 fully saturated rings. The Morgan fingerprint density at radius 1 is 1.21 bits per heavy atom. The lowest BCUT2D eigenvalue weighted by molar-refractivity contribution is -0.229. The van der Waals surface area contributed by atoms with Crippen molar-refractivity contribution in [3.63, 3.8) is 0 Å². The van der Waals surface area contributed by atoms with E-state index in [9.17, 15) is 0 Å². The van der Waals surface area contributed by atoms with Gasteiger partial charge in [-0.25, -0.2) is 0 Å². The summed E-state index contributed by atoms with van der Waals surface area (Å²) in [6.07, 6.45) is 6.29. The number of hydrogen-bond donors (Lipinski definition) is 0. The first-order chi connectivity index (χ1) is 11.7. The number of benzene rings is 1. The number of likely N-dealkylation sites (tertiary alicyclic amines) is 1. The smallest absolute Gasteiger partial charge is 0.0737 e. The van der Waals surface area contributed by atoms with Gasteiger partial charge in [-0.05, 0) is 43.8 Å². The Labute approximate surface area is 151 Å². The fraction of sp³-hybridized carbons (Fsp3) is 0.700. The van der Waals surface area contributed by atoms with Gasteiger partial charge in [0.2, 0.25) is 0 Å². The Kier molecular flexibility index (Phi) is 6.25. The maximum Gasteiger partial charge on any atom is 0.0737 e. The fourth-order valence-corrected chi connectivity index (χ4v) is 4.76. The van der Waals surface area contributed by atoms with E-state index in [1.54, 1.807) is 0 Å². The zero-order valence-corrected chi connectivity index (χ0v) is 16.3. The van der Waals surface area contributed by atoms with Gasteiger partial charge in [-0.15, -0.1) is 11.8 Å². The Bertz CT molecular complexity index is 516. The molecule has 2 saturated heterocycles. The molecule has 0 unspecified atom stereocenters. The van der Waals surface area contributed by atoms with E-state index in [1.807, 2.05) is 11.8 Å². The summed E-state index contributed by atoms with van der Waals surface area (Å²) < 4.78 is 6.37. The van der Waals surface area contributed by atoms with Crippen LogP contribution in [0.1, 0.15) is 38.7 Å². The highest BCUT2D eigenvalue weighted by Gasteiger charge is 2.47. The molecule has 1 aromatic carbocycles. The summed E-state index contributed by atoms with van der Waals surface area (Å²) in [6, 6.07) is 8.81. The molecule has 0 radical (unpaired) electrons. The molecule has 1 aromatic rings. The van der Waals surface area contributed by atoms with Crippen LogP contribution in [0, 0.1) is 0 Å². The zero-order chi connectivity index (χ0) is 17.0. The number of likely N-dealkylation sites (N-methyl/N-ethyl adjacent to an activating group) is 1. The van der Waals surface area contributed by atoms with E-state index in [0.29, 0.717) is 6.10 Å². The van der Waals surface area contributed by atoms with Crippen LogP contribution < -0.4 is 0 Å². The molecule has 134 valence electrons. The van der Waals surface area contributed by atoms with Crippen LogP contribution in [-0.4, -0.2) is 60.5 Å². The molecule has 1 atom stereocenters. The fourth-order valence-electron chi connectivity index (χ4n) is 4.15. The van der Waals surface area contributed by atoms with Gasteiger partial charge in [0.05, 0.1) is 11.7 Å². The molecule has 24 heavy (non-hydrogen) atoms. The number of hydrogen-bond acceptors (Lipinski definition) is 4. The minimum Gasteiger partial charge on any atom is -0.370 e. The zero-order valence-electron chi connectivity index (χ0n) is 15.5. The second-order valence-corrected chi connectivity index (χ2v) is 8.05. The predicted molar refractivity (Wildman–Crippen MR) is 103 cm³/mol. The molecule has 0 aromatic heterocycles. The van der Waals surface area contributed by atoms with E-state index < -0.39 is 0 Å². The summed E-state index contributed by atoms with van der Waals surface area (Å²) in [7, 11) is 0. The molecule has 3 rings (SSSR count). The van der Waals surface area contributed by atoms with Gasteiger partial charge in [-0.2, -0.15) is 0 Å². The molecule has 4 heteroatoms. The first-order valence-corrected chi connectivity index (χ1v) is 10.6. The molecule has 0 N–H and O–H groups in total. The van der Waals surface area contributed by atoms with Crippen molar-refractivity contribution in [2.45, 2.75) is 56.3 Å². The maximum absolute atomic E-state index is 6.37. The monoisotopic (exact) mass is 348 g/mol. The van der Waals surface area contributed by atoms with Gasteiger partial charge in [0.15, 0.2) is 0 Å². The van der Waals surface area contributed by atoms with Crippen LogP contribution in [0.5, 0.6) is 0 Å². The third kappa shape index (κ3) is 4.16. The van der Waals surface area contributed by atoms with Crippen LogP contribution in [0.25, 0.3) is 0 Å². The number of nitrogens with zero attached hydrogens (tertiary/aromatic N) is 2. The summed E-state index contributed by atoms with van der Waals surface area (Å²) >= 11 is 1.85. The standard InChI is InChI=1S/C20H32N2OS/c1-4-21(5-2)16-18-14-20(23-18)10-12-22(13-11-20)15-17-8-6-7-9-19(17)24-3/h6-9,18H,4-5,10-16H2,1-3H3/t18-/m1/s1. The molecule has 0 amide bonds. The largest absolute Gasteiger partial charge is 0.370 e. The number of rotatable bonds is 7. The van der Waals surface area contributed by atoms with Crippen LogP contribution in [0.2, 0.25) is 0 Å². The van der Waals surface area contributed by atoms with Crippen LogP contribution >= 0.6 is 11.8 Å². The number of ether oxygens (including phenoxy) is 1. The minimum absolute atomic E-state index is 0.202. The molecule has 0 aliphatic carbocycles. The lowest BCUT2D eigenvalue weighted by Gasteiger charge is -2.53. The lowest BCUT2D eigenvalue weighted by atomic mass is 9.80. The van der Waals surface area contributed by atoms with E-state index in [0.717, 1.165) is 26.2 Å². The number of piperidine rings is 1. The summed E-state index contributed by atoms with van der Waals surface area (Å²) in [4.78, 5) is 6.49. The average Bonchev–Trinajstić information content (AvgIpc) is 2.60. The molecule has 2 aliphatic rings. The van der Waals surface area contributed by atoms with Gasteiger partial charge in [-0.3, -0.25) is 4.90 Å². The molecule has 0 bridgehead atoms. The highest BCUT2D eigenvalue weighted by molar-refractivity contribution is 7.98. The highest BCUT2D eigenvalue weighted by Crippen LogP contribution is 2.41. The van der Waals surface area contributed by atoms with Crippen molar-refractivity contribution in [2.75, 3.05) is 39.0 Å². The highest BCUT2D eigenvalue weighted by atomic mass is 32.2. The van der Waals surface area contributed by atoms with Crippen molar-refractivity contribution in [1.29, 1.82) is 0 Å². The Balaban J connectivity index is 1.45. The SMILES string of the molecule is CCN(CC)C[C@H]1CC2(CCN(Cc3ccccc3SC)CC2)O1. The topological polar surface area (TPSA) is 15.7 Å². The quantitative estimate of drug-likeness (QED) is 0.695. The van der Waals surface area contributed by atoms with Gasteiger partial charge in [0.1, 0.15) is 0 Å². The third-order valence-electron chi connectivity index (χ3n) is 5.73. The van der Waals surface area contributed by atoms with E-state index in [1.165, 1.54) is 42.8 Å². The Hall–Kier alpha value is -0.550. The summed E-state index contributed by atoms with van der Waals surface area (Å²) in [6.45, 7) is 11.3. The van der Waals surface area contributed by atoms with Crippen LogP contribution in [0.15, 0.2) is 29.2 Å². The van der Waals surface area contributed by atoms with Crippen LogP contribution in [0.3, 0.4) is 0 Å². The first kappa shape index (κ1) is 18.2. The molecular weight excluding hydrogens is 316 g/mol. The van der Waals surface area contributed by atoms with Gasteiger partial charge in [-0.1, -0.05) is 32.0 Å². The second-order valence-electron chi connectivity index (χ2n) is 7.20. The summed E-state index contributed by atoms with van der Waals surface area (Å²) in [5.74, 6) is 0. The Morgan fingerprint density at radius 2 is 1.88 bits per heavy atom. The molecule has 2 heterocycles. The molecule has 1 spiro atoms. The van der Waals surface area contributed by atoms with Crippen molar-refractivity contribution < 1.29 is 4.74 Å².